The summed E-state index contributed by atoms with van der Waals surface area (Å²) in [6, 6.07) is 16.8. The maximum atomic E-state index is 12.5. The van der Waals surface area contributed by atoms with E-state index in [9.17, 15) is 8.42 Å². The molecule has 1 heterocycles. The van der Waals surface area contributed by atoms with E-state index in [0.29, 0.717) is 0 Å². The van der Waals surface area contributed by atoms with E-state index in [-0.39, 0.29) is 28.4 Å². The average Bonchev–Trinajstić information content (AvgIpc) is 2.58. The molecule has 0 atom stereocenters. The predicted molar refractivity (Wildman–Crippen MR) is 104 cm³/mol. The smallest absolute Gasteiger partial charge is 0.242 e. The largest absolute Gasteiger partial charge is 0.299 e. The topological polar surface area (TPSA) is 49.4 Å². The molecule has 1 fully saturated rings. The van der Waals surface area contributed by atoms with Crippen LogP contribution in [0.15, 0.2) is 59.5 Å². The molecular weight excluding hydrogens is 379 g/mol. The van der Waals surface area contributed by atoms with Crippen LogP contribution in [0.25, 0.3) is 0 Å². The molecule has 0 unspecified atom stereocenters. The van der Waals surface area contributed by atoms with Crippen LogP contribution in [0.4, 0.5) is 0 Å². The molecule has 7 heteroatoms. The van der Waals surface area contributed by atoms with Crippen molar-refractivity contribution < 1.29 is 8.42 Å². The van der Waals surface area contributed by atoms with E-state index in [4.69, 9.17) is 11.6 Å². The molecule has 1 N–H and O–H groups in total. The van der Waals surface area contributed by atoms with Crippen molar-refractivity contribution >= 4 is 34.0 Å². The lowest BCUT2D eigenvalue weighted by Gasteiger charge is -2.32. The van der Waals surface area contributed by atoms with Gasteiger partial charge in [-0.2, -0.15) is 0 Å². The maximum absolute atomic E-state index is 12.5. The van der Waals surface area contributed by atoms with E-state index in [1.807, 2.05) is 18.2 Å². The van der Waals surface area contributed by atoms with E-state index in [0.717, 1.165) is 32.5 Å². The summed E-state index contributed by atoms with van der Waals surface area (Å²) in [5.41, 5.74) is 1.28. The minimum Gasteiger partial charge on any atom is -0.299 e. The Hall–Kier alpha value is -1.11. The highest BCUT2D eigenvalue weighted by atomic mass is 35.5. The Balaban J connectivity index is 0.00000225. The summed E-state index contributed by atoms with van der Waals surface area (Å²) in [6.45, 7) is 2.67. The average molecular weight is 401 g/mol. The lowest BCUT2D eigenvalue weighted by molar-refractivity contribution is 0.200. The first-order valence-electron chi connectivity index (χ1n) is 8.08. The molecule has 25 heavy (non-hydrogen) atoms. The van der Waals surface area contributed by atoms with Crippen LogP contribution in [-0.4, -0.2) is 32.4 Å². The molecule has 4 nitrogen and oxygen atoms in total. The van der Waals surface area contributed by atoms with Crippen LogP contribution in [0.2, 0.25) is 5.02 Å². The summed E-state index contributed by atoms with van der Waals surface area (Å²) in [6.07, 6.45) is 1.60. The summed E-state index contributed by atoms with van der Waals surface area (Å²) < 4.78 is 27.8. The van der Waals surface area contributed by atoms with E-state index < -0.39 is 10.0 Å². The van der Waals surface area contributed by atoms with Crippen molar-refractivity contribution in [3.63, 3.8) is 0 Å². The molecule has 0 spiro atoms. The van der Waals surface area contributed by atoms with Gasteiger partial charge in [-0.15, -0.1) is 12.4 Å². The van der Waals surface area contributed by atoms with Gasteiger partial charge in [0.25, 0.3) is 0 Å². The van der Waals surface area contributed by atoms with Gasteiger partial charge in [0.1, 0.15) is 4.90 Å². The molecule has 0 aromatic heterocycles. The zero-order chi connectivity index (χ0) is 17.0. The first kappa shape index (κ1) is 20.2. The summed E-state index contributed by atoms with van der Waals surface area (Å²) in [5.74, 6) is 0. The lowest BCUT2D eigenvalue weighted by Crippen LogP contribution is -2.44. The van der Waals surface area contributed by atoms with Gasteiger partial charge < -0.3 is 0 Å². The van der Waals surface area contributed by atoms with Crippen molar-refractivity contribution in [2.45, 2.75) is 30.3 Å². The highest BCUT2D eigenvalue weighted by Gasteiger charge is 2.25. The van der Waals surface area contributed by atoms with Gasteiger partial charge in [0, 0.05) is 25.7 Å². The van der Waals surface area contributed by atoms with Gasteiger partial charge in [-0.1, -0.05) is 54.1 Å². The third-order valence-electron chi connectivity index (χ3n) is 4.28. The second kappa shape index (κ2) is 9.01. The molecule has 0 saturated carbocycles. The lowest BCUT2D eigenvalue weighted by atomic mass is 10.1. The summed E-state index contributed by atoms with van der Waals surface area (Å²) in [4.78, 5) is 2.51. The number of halogens is 2. The Morgan fingerprint density at radius 3 is 2.24 bits per heavy atom. The number of nitrogens with zero attached hydrogens (tertiary/aromatic N) is 1. The Labute approximate surface area is 160 Å². The van der Waals surface area contributed by atoms with E-state index in [1.165, 1.54) is 11.6 Å². The fourth-order valence-corrected chi connectivity index (χ4v) is 4.82. The number of benzene rings is 2. The quantitative estimate of drug-likeness (QED) is 0.831. The standard InChI is InChI=1S/C18H21ClN2O2S.ClH/c19-17-8-4-5-9-18(17)24(22,23)20-16-10-12-21(13-11-16)14-15-6-2-1-3-7-15;/h1-9,16,20H,10-14H2;1H. The molecule has 1 aliphatic heterocycles. The van der Waals surface area contributed by atoms with Gasteiger partial charge in [-0.25, -0.2) is 13.1 Å². The Morgan fingerprint density at radius 2 is 1.60 bits per heavy atom. The van der Waals surface area contributed by atoms with Gasteiger partial charge in [-0.05, 0) is 30.5 Å². The molecule has 0 bridgehead atoms. The molecule has 1 saturated heterocycles. The van der Waals surface area contributed by atoms with E-state index >= 15 is 0 Å². The van der Waals surface area contributed by atoms with Crippen molar-refractivity contribution in [3.8, 4) is 0 Å². The third-order valence-corrected chi connectivity index (χ3v) is 6.30. The Morgan fingerprint density at radius 1 is 1.00 bits per heavy atom. The second-order valence-electron chi connectivity index (χ2n) is 6.09. The molecule has 2 aromatic rings. The molecular formula is C18H22Cl2N2O2S. The van der Waals surface area contributed by atoms with Crippen LogP contribution in [0, 0.1) is 0 Å². The number of hydrogen-bond acceptors (Lipinski definition) is 3. The number of rotatable bonds is 5. The zero-order valence-electron chi connectivity index (χ0n) is 13.8. The fraction of sp³-hybridized carbons (Fsp3) is 0.333. The highest BCUT2D eigenvalue weighted by Crippen LogP contribution is 2.22. The monoisotopic (exact) mass is 400 g/mol. The highest BCUT2D eigenvalue weighted by molar-refractivity contribution is 7.89. The number of piperidine rings is 1. The molecule has 0 amide bonds. The maximum Gasteiger partial charge on any atom is 0.242 e. The van der Waals surface area contributed by atoms with Crippen LogP contribution in [0.5, 0.6) is 0 Å². The van der Waals surface area contributed by atoms with Crippen LogP contribution in [-0.2, 0) is 16.6 Å². The molecule has 0 aliphatic carbocycles. The third kappa shape index (κ3) is 5.43. The van der Waals surface area contributed by atoms with Crippen LogP contribution in [0.3, 0.4) is 0 Å². The van der Waals surface area contributed by atoms with Crippen molar-refractivity contribution in [1.82, 2.24) is 9.62 Å². The second-order valence-corrected chi connectivity index (χ2v) is 8.18. The Bertz CT molecular complexity index is 777. The summed E-state index contributed by atoms with van der Waals surface area (Å²) in [7, 11) is -3.57. The number of nitrogens with one attached hydrogen (secondary N) is 1. The first-order valence-corrected chi connectivity index (χ1v) is 9.94. The van der Waals surface area contributed by atoms with Crippen molar-refractivity contribution in [2.24, 2.45) is 0 Å². The van der Waals surface area contributed by atoms with E-state index in [1.54, 1.807) is 18.2 Å². The summed E-state index contributed by atoms with van der Waals surface area (Å²) in [5, 5.41) is 0.256. The molecule has 3 rings (SSSR count). The van der Waals surface area contributed by atoms with Gasteiger partial charge in [0.2, 0.25) is 10.0 Å². The van der Waals surface area contributed by atoms with Crippen molar-refractivity contribution in [1.29, 1.82) is 0 Å². The first-order chi connectivity index (χ1) is 11.5. The van der Waals surface area contributed by atoms with Crippen LogP contribution in [0.1, 0.15) is 18.4 Å². The van der Waals surface area contributed by atoms with Crippen molar-refractivity contribution in [2.75, 3.05) is 13.1 Å². The van der Waals surface area contributed by atoms with Crippen LogP contribution >= 0.6 is 24.0 Å². The fourth-order valence-electron chi connectivity index (χ4n) is 3.00. The van der Waals surface area contributed by atoms with Gasteiger partial charge >= 0.3 is 0 Å². The predicted octanol–water partition coefficient (Wildman–Crippen LogP) is 3.70. The minimum absolute atomic E-state index is 0. The minimum atomic E-state index is -3.57. The van der Waals surface area contributed by atoms with E-state index in [2.05, 4.69) is 21.8 Å². The van der Waals surface area contributed by atoms with Gasteiger partial charge in [-0.3, -0.25) is 4.90 Å². The molecule has 136 valence electrons. The van der Waals surface area contributed by atoms with Crippen LogP contribution < -0.4 is 4.72 Å². The zero-order valence-corrected chi connectivity index (χ0v) is 16.2. The molecule has 2 aromatic carbocycles. The van der Waals surface area contributed by atoms with Gasteiger partial charge in [0.15, 0.2) is 0 Å². The number of sulfonamides is 1. The Kier molecular flexibility index (Phi) is 7.28. The normalized spacial score (nSPS) is 16.4. The SMILES string of the molecule is Cl.O=S(=O)(NC1CCN(Cc2ccccc2)CC1)c1ccccc1Cl. The van der Waals surface area contributed by atoms with Gasteiger partial charge in [0.05, 0.1) is 5.02 Å². The molecule has 0 radical (unpaired) electrons. The summed E-state index contributed by atoms with van der Waals surface area (Å²) >= 11 is 6.01. The number of likely N-dealkylation sites (tertiary alicyclic amines) is 1. The number of hydrogen-bond donors (Lipinski definition) is 1. The molecule has 1 aliphatic rings. The van der Waals surface area contributed by atoms with Crippen molar-refractivity contribution in [3.05, 3.63) is 65.2 Å².